The lowest BCUT2D eigenvalue weighted by Gasteiger charge is -2.16. The van der Waals surface area contributed by atoms with E-state index in [0.29, 0.717) is 0 Å². The van der Waals surface area contributed by atoms with Crippen molar-refractivity contribution >= 4 is 71.0 Å². The predicted molar refractivity (Wildman–Crippen MR) is 62.1 cm³/mol. The molecule has 56 valence electrons. The van der Waals surface area contributed by atoms with Crippen molar-refractivity contribution in [2.45, 2.75) is 0 Å². The Balaban J connectivity index is 3.82. The molecule has 0 radical (unpaired) electrons. The van der Waals surface area contributed by atoms with E-state index in [1.54, 1.807) is 0 Å². The van der Waals surface area contributed by atoms with Gasteiger partial charge < -0.3 is 0 Å². The summed E-state index contributed by atoms with van der Waals surface area (Å²) in [7, 11) is -0.753. The fraction of sp³-hybridized carbons (Fsp3) is 1.00. The maximum absolute atomic E-state index is 3.51. The van der Waals surface area contributed by atoms with Crippen molar-refractivity contribution in [1.29, 1.82) is 0 Å². The minimum atomic E-state index is -0.753. The number of halogens is 4. The zero-order valence-electron chi connectivity index (χ0n) is 4.79. The third kappa shape index (κ3) is 3.50. The summed E-state index contributed by atoms with van der Waals surface area (Å²) in [5.41, 5.74) is 0. The van der Waals surface area contributed by atoms with Gasteiger partial charge in [-0.05, 0) is 63.7 Å². The first-order chi connectivity index (χ1) is 4.24. The van der Waals surface area contributed by atoms with E-state index >= 15 is 0 Å². The highest BCUT2D eigenvalue weighted by atomic mass is 79.9. The third-order valence-electron chi connectivity index (χ3n) is 1.01. The molecule has 0 amide bonds. The van der Waals surface area contributed by atoms with Gasteiger partial charge in [0.2, 0.25) is 0 Å². The number of alkyl halides is 4. The molecule has 0 spiro atoms. The normalized spacial score (nSPS) is 12.0. The molecule has 0 saturated heterocycles. The molecule has 0 aromatic rings. The Hall–Kier alpha value is 2.35. The van der Waals surface area contributed by atoms with Gasteiger partial charge in [0.1, 0.15) is 20.3 Å². The smallest absolute Gasteiger partial charge is 0.0472 e. The molecular weight excluding hydrogens is 399 g/mol. The van der Waals surface area contributed by atoms with Crippen LogP contribution in [0.2, 0.25) is 0 Å². The standard InChI is InChI=1S/C4H8Br4P/c5-1-9(2-6,3-7)4-8/h1-4H2/q+1. The van der Waals surface area contributed by atoms with Crippen LogP contribution in [0.1, 0.15) is 0 Å². The molecule has 0 heterocycles. The second kappa shape index (κ2) is 5.93. The van der Waals surface area contributed by atoms with Crippen LogP contribution in [0.4, 0.5) is 0 Å². The molecule has 0 aromatic heterocycles. The van der Waals surface area contributed by atoms with Crippen molar-refractivity contribution in [3.8, 4) is 0 Å². The molecule has 0 N–H and O–H groups in total. The first-order valence-electron chi connectivity index (χ1n) is 2.33. The fourth-order valence-corrected chi connectivity index (χ4v) is 15.5. The van der Waals surface area contributed by atoms with Gasteiger partial charge >= 0.3 is 0 Å². The van der Waals surface area contributed by atoms with Crippen LogP contribution in [0.15, 0.2) is 0 Å². The van der Waals surface area contributed by atoms with Crippen LogP contribution in [0.25, 0.3) is 0 Å². The van der Waals surface area contributed by atoms with E-state index in [4.69, 9.17) is 0 Å². The molecule has 0 nitrogen and oxygen atoms in total. The molecule has 0 rings (SSSR count). The van der Waals surface area contributed by atoms with Crippen LogP contribution in [0.5, 0.6) is 0 Å². The summed E-state index contributed by atoms with van der Waals surface area (Å²) in [5, 5.41) is 4.51. The fourth-order valence-electron chi connectivity index (χ4n) is 0.192. The average Bonchev–Trinajstić information content (AvgIpc) is 1.95. The molecular formula is C4H8Br4P+. The Morgan fingerprint density at radius 1 is 0.667 bits per heavy atom. The maximum atomic E-state index is 3.51. The molecule has 0 aliphatic rings. The second-order valence-corrected chi connectivity index (χ2v) is 11.5. The van der Waals surface area contributed by atoms with Crippen molar-refractivity contribution in [1.82, 2.24) is 0 Å². The van der Waals surface area contributed by atoms with Crippen LogP contribution < -0.4 is 0 Å². The van der Waals surface area contributed by atoms with Gasteiger partial charge in [-0.25, -0.2) is 0 Å². The highest BCUT2D eigenvalue weighted by Crippen LogP contribution is 2.63. The van der Waals surface area contributed by atoms with Gasteiger partial charge in [-0.3, -0.25) is 0 Å². The van der Waals surface area contributed by atoms with Crippen LogP contribution in [-0.2, 0) is 0 Å². The summed E-state index contributed by atoms with van der Waals surface area (Å²) < 4.78 is 0. The topological polar surface area (TPSA) is 0 Å². The van der Waals surface area contributed by atoms with Gasteiger partial charge in [-0.2, -0.15) is 0 Å². The quantitative estimate of drug-likeness (QED) is 0.479. The van der Waals surface area contributed by atoms with E-state index in [-0.39, 0.29) is 0 Å². The number of rotatable bonds is 4. The molecule has 0 aromatic carbocycles. The lowest BCUT2D eigenvalue weighted by Crippen LogP contribution is -1.97. The molecule has 0 bridgehead atoms. The van der Waals surface area contributed by atoms with Gasteiger partial charge in [-0.15, -0.1) is 0 Å². The number of hydrogen-bond acceptors (Lipinski definition) is 0. The van der Waals surface area contributed by atoms with E-state index in [2.05, 4.69) is 63.7 Å². The molecule has 0 unspecified atom stereocenters. The van der Waals surface area contributed by atoms with Gasteiger partial charge in [0, 0.05) is 0 Å². The summed E-state index contributed by atoms with van der Waals surface area (Å²) in [6.07, 6.45) is 0. The Labute approximate surface area is 90.4 Å². The summed E-state index contributed by atoms with van der Waals surface area (Å²) in [6.45, 7) is 0. The van der Waals surface area contributed by atoms with Crippen LogP contribution >= 0.6 is 71.0 Å². The SMILES string of the molecule is BrC[P+](CBr)(CBr)CBr. The maximum Gasteiger partial charge on any atom is 0.116 e. The molecule has 0 fully saturated rings. The zero-order chi connectivity index (χ0) is 7.33. The highest BCUT2D eigenvalue weighted by Gasteiger charge is 2.32. The highest BCUT2D eigenvalue weighted by molar-refractivity contribution is 9.15. The Kier molecular flexibility index (Phi) is 7.48. The van der Waals surface area contributed by atoms with E-state index in [0.717, 1.165) is 20.3 Å². The lowest BCUT2D eigenvalue weighted by molar-refractivity contribution is 1.83. The van der Waals surface area contributed by atoms with Crippen molar-refractivity contribution < 1.29 is 0 Å². The Morgan fingerprint density at radius 2 is 0.889 bits per heavy atom. The molecule has 0 saturated carbocycles. The second-order valence-electron chi connectivity index (χ2n) is 1.82. The summed E-state index contributed by atoms with van der Waals surface area (Å²) in [6, 6.07) is 0. The van der Waals surface area contributed by atoms with Gasteiger partial charge in [0.15, 0.2) is 0 Å². The third-order valence-corrected chi connectivity index (χ3v) is 15.8. The summed E-state index contributed by atoms with van der Waals surface area (Å²) >= 11 is 14.1. The van der Waals surface area contributed by atoms with Crippen molar-refractivity contribution in [3.63, 3.8) is 0 Å². The predicted octanol–water partition coefficient (Wildman–Crippen LogP) is 4.41. The van der Waals surface area contributed by atoms with Crippen LogP contribution in [-0.4, -0.2) is 20.3 Å². The summed E-state index contributed by atoms with van der Waals surface area (Å²) in [4.78, 5) is 0. The molecule has 0 atom stereocenters. The molecule has 9 heavy (non-hydrogen) atoms. The van der Waals surface area contributed by atoms with Gasteiger partial charge in [0.05, 0.1) is 7.26 Å². The minimum absolute atomic E-state index is 0.753. The molecule has 0 aliphatic carbocycles. The van der Waals surface area contributed by atoms with Crippen molar-refractivity contribution in [2.24, 2.45) is 0 Å². The van der Waals surface area contributed by atoms with Crippen molar-refractivity contribution in [3.05, 3.63) is 0 Å². The lowest BCUT2D eigenvalue weighted by atomic mass is 11.8. The van der Waals surface area contributed by atoms with E-state index in [9.17, 15) is 0 Å². The van der Waals surface area contributed by atoms with Gasteiger partial charge in [-0.1, -0.05) is 0 Å². The first kappa shape index (κ1) is 11.4. The summed E-state index contributed by atoms with van der Waals surface area (Å²) in [5.74, 6) is 0. The Morgan fingerprint density at radius 3 is 0.889 bits per heavy atom. The minimum Gasteiger partial charge on any atom is -0.0472 e. The number of hydrogen-bond donors (Lipinski definition) is 0. The van der Waals surface area contributed by atoms with Gasteiger partial charge in [0.25, 0.3) is 0 Å². The van der Waals surface area contributed by atoms with Crippen LogP contribution in [0, 0.1) is 0 Å². The average molecular weight is 407 g/mol. The molecule has 5 heteroatoms. The largest absolute Gasteiger partial charge is 0.116 e. The van der Waals surface area contributed by atoms with E-state index in [1.165, 1.54) is 0 Å². The monoisotopic (exact) mass is 403 g/mol. The van der Waals surface area contributed by atoms with Crippen LogP contribution in [0.3, 0.4) is 0 Å². The van der Waals surface area contributed by atoms with E-state index in [1.807, 2.05) is 0 Å². The zero-order valence-corrected chi connectivity index (χ0v) is 12.0. The van der Waals surface area contributed by atoms with E-state index < -0.39 is 7.26 Å². The van der Waals surface area contributed by atoms with Crippen molar-refractivity contribution in [2.75, 3.05) is 20.3 Å². The molecule has 0 aliphatic heterocycles. The first-order valence-corrected chi connectivity index (χ1v) is 9.35. The Bertz CT molecular complexity index is 55.5.